The predicted molar refractivity (Wildman–Crippen MR) is 48.1 cm³/mol. The second-order valence-electron chi connectivity index (χ2n) is 4.45. The van der Waals surface area contributed by atoms with Gasteiger partial charge in [-0.1, -0.05) is 0 Å². The third kappa shape index (κ3) is 1.46. The zero-order valence-electron chi connectivity index (χ0n) is 7.95. The maximum atomic E-state index is 10.3. The summed E-state index contributed by atoms with van der Waals surface area (Å²) in [6.07, 6.45) is 1.42. The van der Waals surface area contributed by atoms with Crippen LogP contribution < -0.4 is 5.32 Å². The smallest absolute Gasteiger partial charge is 0.404 e. The minimum absolute atomic E-state index is 0.0123. The van der Waals surface area contributed by atoms with Crippen molar-refractivity contribution in [3.63, 3.8) is 0 Å². The Hall–Kier alpha value is -0.810. The highest BCUT2D eigenvalue weighted by Gasteiger charge is 2.58. The predicted octanol–water partition coefficient (Wildman–Crippen LogP) is 0.186. The Morgan fingerprint density at radius 1 is 1.50 bits per heavy atom. The monoisotopic (exact) mass is 201 g/mol. The molecule has 0 aromatic rings. The van der Waals surface area contributed by atoms with Crippen LogP contribution in [0.4, 0.5) is 4.79 Å². The lowest BCUT2D eigenvalue weighted by Gasteiger charge is -2.59. The van der Waals surface area contributed by atoms with Gasteiger partial charge in [0.25, 0.3) is 0 Å². The van der Waals surface area contributed by atoms with E-state index >= 15 is 0 Å². The van der Waals surface area contributed by atoms with Crippen LogP contribution in [0.15, 0.2) is 0 Å². The van der Waals surface area contributed by atoms with E-state index in [9.17, 15) is 9.90 Å². The topological polar surface area (TPSA) is 78.8 Å². The fourth-order valence-corrected chi connectivity index (χ4v) is 2.68. The first-order chi connectivity index (χ1) is 6.60. The molecule has 2 bridgehead atoms. The molecule has 0 aromatic carbocycles. The SMILES string of the molecule is O=C(O)NCC12CC(CO)(CCO1)C2. The van der Waals surface area contributed by atoms with Crippen molar-refractivity contribution in [1.29, 1.82) is 0 Å². The molecule has 3 aliphatic rings. The van der Waals surface area contributed by atoms with Gasteiger partial charge in [-0.05, 0) is 19.3 Å². The zero-order valence-corrected chi connectivity index (χ0v) is 7.95. The number of ether oxygens (including phenoxy) is 1. The maximum Gasteiger partial charge on any atom is 0.404 e. The summed E-state index contributed by atoms with van der Waals surface area (Å²) in [5.74, 6) is 0. The van der Waals surface area contributed by atoms with E-state index in [-0.39, 0.29) is 17.6 Å². The van der Waals surface area contributed by atoms with Gasteiger partial charge >= 0.3 is 6.09 Å². The molecule has 0 spiro atoms. The minimum Gasteiger partial charge on any atom is -0.465 e. The largest absolute Gasteiger partial charge is 0.465 e. The van der Waals surface area contributed by atoms with Gasteiger partial charge in [-0.2, -0.15) is 0 Å². The van der Waals surface area contributed by atoms with Crippen molar-refractivity contribution in [3.8, 4) is 0 Å². The molecular weight excluding hydrogens is 186 g/mol. The standard InChI is InChI=1S/C9H15NO4/c11-6-8-1-2-14-9(3-8,4-8)5-10-7(12)13/h10-11H,1-6H2,(H,12,13). The molecular formula is C9H15NO4. The Morgan fingerprint density at radius 2 is 2.21 bits per heavy atom. The van der Waals surface area contributed by atoms with E-state index in [1.54, 1.807) is 0 Å². The molecule has 3 N–H and O–H groups in total. The summed E-state index contributed by atoms with van der Waals surface area (Å²) in [6.45, 7) is 1.15. The first kappa shape index (κ1) is 9.73. The van der Waals surface area contributed by atoms with Gasteiger partial charge in [0, 0.05) is 25.2 Å². The third-order valence-electron chi connectivity index (χ3n) is 3.33. The molecule has 3 rings (SSSR count). The number of hydrogen-bond donors (Lipinski definition) is 3. The van der Waals surface area contributed by atoms with Gasteiger partial charge in [-0.15, -0.1) is 0 Å². The lowest BCUT2D eigenvalue weighted by Crippen LogP contribution is -2.64. The van der Waals surface area contributed by atoms with Crippen LogP contribution in [0, 0.1) is 5.41 Å². The summed E-state index contributed by atoms with van der Waals surface area (Å²) in [7, 11) is 0. The van der Waals surface area contributed by atoms with E-state index in [1.807, 2.05) is 0 Å². The van der Waals surface area contributed by atoms with Crippen LogP contribution in [0.1, 0.15) is 19.3 Å². The average Bonchev–Trinajstić information content (AvgIpc) is 2.14. The van der Waals surface area contributed by atoms with Crippen LogP contribution in [0.3, 0.4) is 0 Å². The van der Waals surface area contributed by atoms with E-state index < -0.39 is 6.09 Å². The fourth-order valence-electron chi connectivity index (χ4n) is 2.68. The molecule has 0 aromatic heterocycles. The van der Waals surface area contributed by atoms with Gasteiger partial charge in [0.15, 0.2) is 0 Å². The van der Waals surface area contributed by atoms with E-state index in [0.717, 1.165) is 19.3 Å². The summed E-state index contributed by atoms with van der Waals surface area (Å²) in [5, 5.41) is 20.0. The molecule has 0 unspecified atom stereocenters. The highest BCUT2D eigenvalue weighted by molar-refractivity contribution is 5.64. The Labute approximate surface area is 82.1 Å². The Bertz CT molecular complexity index is 247. The van der Waals surface area contributed by atoms with Crippen molar-refractivity contribution in [2.75, 3.05) is 19.8 Å². The molecule has 1 aliphatic carbocycles. The molecule has 0 radical (unpaired) electrons. The number of carbonyl (C=O) groups is 1. The van der Waals surface area contributed by atoms with Gasteiger partial charge in [0.05, 0.1) is 5.60 Å². The van der Waals surface area contributed by atoms with Crippen molar-refractivity contribution >= 4 is 6.09 Å². The molecule has 2 heterocycles. The molecule has 1 amide bonds. The molecule has 2 saturated heterocycles. The zero-order chi connectivity index (χ0) is 10.2. The van der Waals surface area contributed by atoms with Crippen molar-refractivity contribution in [2.45, 2.75) is 24.9 Å². The van der Waals surface area contributed by atoms with E-state index in [1.165, 1.54) is 0 Å². The molecule has 14 heavy (non-hydrogen) atoms. The summed E-state index contributed by atoms with van der Waals surface area (Å²) in [4.78, 5) is 10.3. The Balaban J connectivity index is 1.91. The molecule has 0 atom stereocenters. The van der Waals surface area contributed by atoms with Gasteiger partial charge in [-0.3, -0.25) is 0 Å². The van der Waals surface area contributed by atoms with E-state index in [4.69, 9.17) is 9.84 Å². The number of aliphatic hydroxyl groups excluding tert-OH is 1. The third-order valence-corrected chi connectivity index (χ3v) is 3.33. The van der Waals surface area contributed by atoms with E-state index in [0.29, 0.717) is 13.2 Å². The lowest BCUT2D eigenvalue weighted by molar-refractivity contribution is -0.232. The number of rotatable bonds is 3. The molecule has 5 nitrogen and oxygen atoms in total. The van der Waals surface area contributed by atoms with Crippen LogP contribution in [-0.4, -0.2) is 41.7 Å². The van der Waals surface area contributed by atoms with Crippen molar-refractivity contribution in [3.05, 3.63) is 0 Å². The van der Waals surface area contributed by atoms with Crippen LogP contribution in [0.2, 0.25) is 0 Å². The van der Waals surface area contributed by atoms with Crippen molar-refractivity contribution < 1.29 is 19.7 Å². The molecule has 1 saturated carbocycles. The number of hydrogen-bond acceptors (Lipinski definition) is 3. The Kier molecular flexibility index (Phi) is 2.16. The first-order valence-corrected chi connectivity index (χ1v) is 4.82. The second-order valence-corrected chi connectivity index (χ2v) is 4.45. The van der Waals surface area contributed by atoms with Crippen LogP contribution in [0.25, 0.3) is 0 Å². The number of carboxylic acid groups (broad SMARTS) is 1. The quantitative estimate of drug-likeness (QED) is 0.609. The Morgan fingerprint density at radius 3 is 2.79 bits per heavy atom. The minimum atomic E-state index is -1.02. The van der Waals surface area contributed by atoms with Gasteiger partial charge in [0.1, 0.15) is 0 Å². The highest BCUT2D eigenvalue weighted by Crippen LogP contribution is 2.55. The molecule has 80 valence electrons. The number of amides is 1. The highest BCUT2D eigenvalue weighted by atomic mass is 16.5. The number of fused-ring (bicyclic) bond motifs is 2. The van der Waals surface area contributed by atoms with Gasteiger partial charge < -0.3 is 20.3 Å². The summed E-state index contributed by atoms with van der Waals surface area (Å²) in [5.41, 5.74) is -0.322. The maximum absolute atomic E-state index is 10.3. The van der Waals surface area contributed by atoms with Crippen molar-refractivity contribution in [2.24, 2.45) is 5.41 Å². The van der Waals surface area contributed by atoms with E-state index in [2.05, 4.69) is 5.32 Å². The lowest BCUT2D eigenvalue weighted by atomic mass is 9.56. The first-order valence-electron chi connectivity index (χ1n) is 4.82. The van der Waals surface area contributed by atoms with Crippen molar-refractivity contribution in [1.82, 2.24) is 5.32 Å². The number of aliphatic hydroxyl groups is 1. The van der Waals surface area contributed by atoms with Gasteiger partial charge in [0.2, 0.25) is 0 Å². The van der Waals surface area contributed by atoms with Crippen LogP contribution >= 0.6 is 0 Å². The average molecular weight is 201 g/mol. The second kappa shape index (κ2) is 3.10. The summed E-state index contributed by atoms with van der Waals surface area (Å²) >= 11 is 0. The van der Waals surface area contributed by atoms with Crippen LogP contribution in [-0.2, 0) is 4.74 Å². The number of nitrogens with one attached hydrogen (secondary N) is 1. The summed E-state index contributed by atoms with van der Waals surface area (Å²) in [6, 6.07) is 0. The van der Waals surface area contributed by atoms with Crippen LogP contribution in [0.5, 0.6) is 0 Å². The molecule has 2 aliphatic heterocycles. The van der Waals surface area contributed by atoms with Gasteiger partial charge in [-0.25, -0.2) is 4.79 Å². The summed E-state index contributed by atoms with van der Waals surface area (Å²) < 4.78 is 5.57. The normalized spacial score (nSPS) is 40.1. The fraction of sp³-hybridized carbons (Fsp3) is 0.889. The molecule has 5 heteroatoms. The molecule has 3 fully saturated rings.